The fourth-order valence-electron chi connectivity index (χ4n) is 2.28. The van der Waals surface area contributed by atoms with Gasteiger partial charge in [0.2, 0.25) is 0 Å². The van der Waals surface area contributed by atoms with Gasteiger partial charge in [0, 0.05) is 0 Å². The van der Waals surface area contributed by atoms with Crippen LogP contribution in [0, 0.1) is 12.8 Å². The third-order valence-electron chi connectivity index (χ3n) is 5.45. The minimum absolute atomic E-state index is 0.826. The molecule has 0 saturated carbocycles. The van der Waals surface area contributed by atoms with Gasteiger partial charge in [-0.1, -0.05) is 190 Å². The van der Waals surface area contributed by atoms with Crippen molar-refractivity contribution in [2.24, 2.45) is 5.92 Å². The molecule has 0 nitrogen and oxygen atoms in total. The van der Waals surface area contributed by atoms with E-state index >= 15 is 0 Å². The molecule has 0 N–H and O–H groups in total. The average molecular weight is 565 g/mol. The molecule has 0 aliphatic rings. The fraction of sp³-hybridized carbons (Fsp3) is 0.512. The SMILES string of the molecule is C/C=C\C.C=C(C)CC(C)CC.C=CC(=C)C.CC.CCCC.CCCC.Cc1ccc(Cc2ccccc2)cc1. The van der Waals surface area contributed by atoms with E-state index in [4.69, 9.17) is 0 Å². The number of hydrogen-bond donors (Lipinski definition) is 0. The van der Waals surface area contributed by atoms with Gasteiger partial charge in [-0.15, -0.1) is 6.58 Å². The van der Waals surface area contributed by atoms with E-state index in [0.29, 0.717) is 0 Å². The monoisotopic (exact) mass is 565 g/mol. The molecule has 0 aliphatic carbocycles. The van der Waals surface area contributed by atoms with Crippen molar-refractivity contribution in [2.45, 2.75) is 135 Å². The molecule has 0 spiro atoms. The summed E-state index contributed by atoms with van der Waals surface area (Å²) in [5.41, 5.74) is 6.39. The molecular weight excluding hydrogens is 492 g/mol. The first-order valence-corrected chi connectivity index (χ1v) is 16.1. The Hall–Kier alpha value is -2.60. The molecule has 2 rings (SSSR count). The molecule has 1 atom stereocenters. The zero-order chi connectivity index (χ0) is 32.9. The van der Waals surface area contributed by atoms with Crippen LogP contribution < -0.4 is 0 Å². The number of benzene rings is 2. The first-order valence-electron chi connectivity index (χ1n) is 16.1. The van der Waals surface area contributed by atoms with Crippen LogP contribution in [0.4, 0.5) is 0 Å². The molecule has 0 radical (unpaired) electrons. The van der Waals surface area contributed by atoms with Crippen LogP contribution in [0.3, 0.4) is 0 Å². The quantitative estimate of drug-likeness (QED) is 0.221. The number of rotatable bonds is 8. The van der Waals surface area contributed by atoms with E-state index in [2.05, 4.69) is 130 Å². The zero-order valence-electron chi connectivity index (χ0n) is 30.1. The lowest BCUT2D eigenvalue weighted by Gasteiger charge is -2.05. The molecule has 0 aromatic heterocycles. The van der Waals surface area contributed by atoms with Crippen molar-refractivity contribution in [1.29, 1.82) is 0 Å². The van der Waals surface area contributed by atoms with Crippen molar-refractivity contribution < 1.29 is 0 Å². The number of allylic oxidation sites excluding steroid dienone is 5. The predicted molar refractivity (Wildman–Crippen MR) is 197 cm³/mol. The molecule has 0 heteroatoms. The molecule has 2 aromatic carbocycles. The molecule has 0 saturated heterocycles. The third-order valence-corrected chi connectivity index (χ3v) is 5.45. The smallest absolute Gasteiger partial charge is 0.00258 e. The van der Waals surface area contributed by atoms with Crippen LogP contribution in [-0.4, -0.2) is 0 Å². The normalized spacial score (nSPS) is 9.39. The van der Waals surface area contributed by atoms with Crippen LogP contribution in [0.5, 0.6) is 0 Å². The maximum absolute atomic E-state index is 3.84. The molecule has 0 bridgehead atoms. The van der Waals surface area contributed by atoms with Crippen molar-refractivity contribution in [2.75, 3.05) is 0 Å². The predicted octanol–water partition coefficient (Wildman–Crippen LogP) is 14.6. The van der Waals surface area contributed by atoms with E-state index < -0.39 is 0 Å². The first kappa shape index (κ1) is 48.1. The maximum atomic E-state index is 3.84. The molecule has 2 aromatic rings. The number of aryl methyl sites for hydroxylation is 1. The lowest BCUT2D eigenvalue weighted by Crippen LogP contribution is -1.90. The largest absolute Gasteiger partial charge is 0.100 e. The van der Waals surface area contributed by atoms with E-state index in [1.807, 2.05) is 46.8 Å². The molecule has 0 amide bonds. The molecular formula is C41H72. The molecule has 0 aliphatic heterocycles. The van der Waals surface area contributed by atoms with E-state index in [0.717, 1.165) is 17.9 Å². The maximum Gasteiger partial charge on any atom is -0.00258 e. The van der Waals surface area contributed by atoms with E-state index in [-0.39, 0.29) is 0 Å². The minimum atomic E-state index is 0.826. The second kappa shape index (κ2) is 41.9. The minimum Gasteiger partial charge on any atom is -0.100 e. The van der Waals surface area contributed by atoms with E-state index in [1.165, 1.54) is 60.8 Å². The van der Waals surface area contributed by atoms with Crippen LogP contribution in [0.25, 0.3) is 0 Å². The molecule has 0 fully saturated rings. The van der Waals surface area contributed by atoms with Gasteiger partial charge in [0.05, 0.1) is 0 Å². The second-order valence-corrected chi connectivity index (χ2v) is 10.0. The van der Waals surface area contributed by atoms with Gasteiger partial charge in [0.25, 0.3) is 0 Å². The Bertz CT molecular complexity index is 778. The van der Waals surface area contributed by atoms with Crippen molar-refractivity contribution in [3.8, 4) is 0 Å². The molecule has 1 unspecified atom stereocenters. The van der Waals surface area contributed by atoms with Gasteiger partial charge in [0.1, 0.15) is 0 Å². The van der Waals surface area contributed by atoms with Crippen molar-refractivity contribution >= 4 is 0 Å². The van der Waals surface area contributed by atoms with Crippen LogP contribution in [-0.2, 0) is 6.42 Å². The number of unbranched alkanes of at least 4 members (excludes halogenated alkanes) is 2. The van der Waals surface area contributed by atoms with Crippen molar-refractivity contribution in [1.82, 2.24) is 0 Å². The highest BCUT2D eigenvalue weighted by molar-refractivity contribution is 5.28. The Morgan fingerprint density at radius 1 is 0.707 bits per heavy atom. The second-order valence-electron chi connectivity index (χ2n) is 10.0. The summed E-state index contributed by atoms with van der Waals surface area (Å²) in [5.74, 6) is 0.826. The van der Waals surface area contributed by atoms with E-state index in [9.17, 15) is 0 Å². The summed E-state index contributed by atoms with van der Waals surface area (Å²) in [6.07, 6.45) is 14.5. The Morgan fingerprint density at radius 2 is 1.07 bits per heavy atom. The summed E-state index contributed by atoms with van der Waals surface area (Å²) >= 11 is 0. The summed E-state index contributed by atoms with van der Waals surface area (Å²) in [6.45, 7) is 38.2. The summed E-state index contributed by atoms with van der Waals surface area (Å²) in [7, 11) is 0. The van der Waals surface area contributed by atoms with Crippen LogP contribution >= 0.6 is 0 Å². The van der Waals surface area contributed by atoms with Crippen LogP contribution in [0.1, 0.15) is 138 Å². The standard InChI is InChI=1S/C14H14.C8H16.C5H8.2C4H10.C4H8.C2H6/c1-12-7-9-14(10-8-12)11-13-5-3-2-4-6-13;1-5-8(4)6-7(2)3;1-4-5(2)3;3*1-3-4-2;1-2/h2-10H,11H2,1H3;8H,2,5-6H2,1,3-4H3;4H,1-2H2,3H3;2*3-4H2,1-2H3;3-4H,1-2H3;1-2H3/b;;;;;4-3-;. The van der Waals surface area contributed by atoms with Gasteiger partial charge < -0.3 is 0 Å². The first-order chi connectivity index (χ1) is 19.5. The van der Waals surface area contributed by atoms with Gasteiger partial charge >= 0.3 is 0 Å². The highest BCUT2D eigenvalue weighted by Gasteiger charge is 1.96. The van der Waals surface area contributed by atoms with Gasteiger partial charge in [-0.25, -0.2) is 0 Å². The van der Waals surface area contributed by atoms with Crippen LogP contribution in [0.15, 0.2) is 104 Å². The van der Waals surface area contributed by atoms with Gasteiger partial charge in [0.15, 0.2) is 0 Å². The Morgan fingerprint density at radius 3 is 1.32 bits per heavy atom. The van der Waals surface area contributed by atoms with Gasteiger partial charge in [-0.3, -0.25) is 0 Å². The zero-order valence-corrected chi connectivity index (χ0v) is 30.1. The average Bonchev–Trinajstić information content (AvgIpc) is 3.00. The van der Waals surface area contributed by atoms with E-state index in [1.54, 1.807) is 6.08 Å². The summed E-state index contributed by atoms with van der Waals surface area (Å²) < 4.78 is 0. The highest BCUT2D eigenvalue weighted by atomic mass is 14.0. The Balaban J connectivity index is -0.000000138. The lowest BCUT2D eigenvalue weighted by molar-refractivity contribution is 0.558. The Kier molecular flexibility index (Phi) is 49.2. The summed E-state index contributed by atoms with van der Waals surface area (Å²) in [5, 5.41) is 0. The Labute approximate surface area is 260 Å². The van der Waals surface area contributed by atoms with Crippen LogP contribution in [0.2, 0.25) is 0 Å². The topological polar surface area (TPSA) is 0 Å². The molecule has 41 heavy (non-hydrogen) atoms. The number of hydrogen-bond acceptors (Lipinski definition) is 0. The summed E-state index contributed by atoms with van der Waals surface area (Å²) in [4.78, 5) is 0. The summed E-state index contributed by atoms with van der Waals surface area (Å²) in [6, 6.07) is 19.3. The van der Waals surface area contributed by atoms with Gasteiger partial charge in [-0.05, 0) is 64.5 Å². The van der Waals surface area contributed by atoms with Crippen molar-refractivity contribution in [3.63, 3.8) is 0 Å². The lowest BCUT2D eigenvalue weighted by atomic mass is 10.0. The molecule has 236 valence electrons. The van der Waals surface area contributed by atoms with Gasteiger partial charge in [-0.2, -0.15) is 0 Å². The van der Waals surface area contributed by atoms with Crippen molar-refractivity contribution in [3.05, 3.63) is 120 Å². The third kappa shape index (κ3) is 50.7. The highest BCUT2D eigenvalue weighted by Crippen LogP contribution is 2.11. The molecule has 0 heterocycles. The fourth-order valence-corrected chi connectivity index (χ4v) is 2.28.